The molecule has 1 amide bonds. The summed E-state index contributed by atoms with van der Waals surface area (Å²) in [6.07, 6.45) is 0.821. The van der Waals surface area contributed by atoms with E-state index in [0.717, 1.165) is 30.9 Å². The zero-order valence-corrected chi connectivity index (χ0v) is 13.7. The molecule has 0 saturated heterocycles. The fraction of sp³-hybridized carbons (Fsp3) is 0.278. The first-order valence-corrected chi connectivity index (χ1v) is 7.84. The molecule has 0 saturated carbocycles. The number of hydrogen-bond donors (Lipinski definition) is 1. The molecule has 0 aromatic heterocycles. The lowest BCUT2D eigenvalue weighted by Gasteiger charge is -2.32. The van der Waals surface area contributed by atoms with Crippen molar-refractivity contribution >= 4 is 23.0 Å². The molecule has 1 aliphatic rings. The lowest BCUT2D eigenvalue weighted by atomic mass is 9.97. The van der Waals surface area contributed by atoms with Crippen molar-refractivity contribution in [2.45, 2.75) is 26.8 Å². The summed E-state index contributed by atoms with van der Waals surface area (Å²) in [6.45, 7) is 4.80. The van der Waals surface area contributed by atoms with Gasteiger partial charge in [0.05, 0.1) is 4.92 Å². The molecule has 1 heterocycles. The number of rotatable bonds is 3. The van der Waals surface area contributed by atoms with Gasteiger partial charge in [0.2, 0.25) is 5.91 Å². The zero-order valence-electron chi connectivity index (χ0n) is 13.7. The van der Waals surface area contributed by atoms with Gasteiger partial charge in [0.25, 0.3) is 5.69 Å². The van der Waals surface area contributed by atoms with Crippen LogP contribution >= 0.6 is 0 Å². The number of nitrogens with one attached hydrogen (secondary N) is 1. The highest BCUT2D eigenvalue weighted by Crippen LogP contribution is 2.31. The molecule has 1 aliphatic heterocycles. The van der Waals surface area contributed by atoms with E-state index in [1.807, 2.05) is 18.2 Å². The fourth-order valence-corrected chi connectivity index (χ4v) is 3.18. The van der Waals surface area contributed by atoms with Gasteiger partial charge >= 0.3 is 0 Å². The van der Waals surface area contributed by atoms with Crippen LogP contribution in [0.5, 0.6) is 0 Å². The Balaban J connectivity index is 1.87. The molecule has 6 heteroatoms. The first kappa shape index (κ1) is 16.0. The number of hydrogen-bond acceptors (Lipinski definition) is 4. The molecule has 0 spiro atoms. The molecule has 0 aliphatic carbocycles. The number of fused-ring (bicyclic) bond motifs is 1. The first-order valence-electron chi connectivity index (χ1n) is 7.84. The Kier molecular flexibility index (Phi) is 4.20. The van der Waals surface area contributed by atoms with Gasteiger partial charge in [-0.15, -0.1) is 0 Å². The van der Waals surface area contributed by atoms with Gasteiger partial charge in [0.1, 0.15) is 0 Å². The van der Waals surface area contributed by atoms with Crippen LogP contribution in [0, 0.1) is 17.0 Å². The third-order valence-corrected chi connectivity index (χ3v) is 4.32. The average Bonchev–Trinajstić information content (AvgIpc) is 2.53. The fourth-order valence-electron chi connectivity index (χ4n) is 3.18. The number of aryl methyl sites for hydroxylation is 1. The lowest BCUT2D eigenvalue weighted by molar-refractivity contribution is -0.385. The molecule has 0 bridgehead atoms. The maximum atomic E-state index is 11.3. The minimum atomic E-state index is -0.357. The van der Waals surface area contributed by atoms with Gasteiger partial charge in [-0.3, -0.25) is 14.9 Å². The summed E-state index contributed by atoms with van der Waals surface area (Å²) < 4.78 is 0. The van der Waals surface area contributed by atoms with Crippen molar-refractivity contribution in [2.75, 3.05) is 16.8 Å². The van der Waals surface area contributed by atoms with Crippen LogP contribution < -0.4 is 10.2 Å². The topological polar surface area (TPSA) is 75.5 Å². The van der Waals surface area contributed by atoms with E-state index in [-0.39, 0.29) is 16.5 Å². The predicted molar refractivity (Wildman–Crippen MR) is 93.3 cm³/mol. The molecule has 0 radical (unpaired) electrons. The number of amides is 1. The Labute approximate surface area is 140 Å². The Morgan fingerprint density at radius 2 is 2.08 bits per heavy atom. The predicted octanol–water partition coefficient (Wildman–Crippen LogP) is 3.42. The number of carbonyl (C=O) groups is 1. The third kappa shape index (κ3) is 3.08. The Bertz CT molecular complexity index is 817. The molecule has 0 unspecified atom stereocenters. The van der Waals surface area contributed by atoms with Gasteiger partial charge in [-0.1, -0.05) is 12.1 Å². The maximum absolute atomic E-state index is 11.3. The second-order valence-electron chi connectivity index (χ2n) is 6.02. The van der Waals surface area contributed by atoms with Gasteiger partial charge in [-0.2, -0.15) is 0 Å². The summed E-state index contributed by atoms with van der Waals surface area (Å²) in [7, 11) is 0. The molecule has 0 fully saturated rings. The third-order valence-electron chi connectivity index (χ3n) is 4.32. The quantitative estimate of drug-likeness (QED) is 0.693. The highest BCUT2D eigenvalue weighted by Gasteiger charge is 2.21. The van der Waals surface area contributed by atoms with E-state index in [1.165, 1.54) is 18.1 Å². The molecule has 124 valence electrons. The second kappa shape index (κ2) is 6.31. The molecular weight excluding hydrogens is 306 g/mol. The highest BCUT2D eigenvalue weighted by molar-refractivity contribution is 5.89. The molecule has 6 nitrogen and oxygen atoms in total. The number of nitro groups is 1. The molecule has 1 N–H and O–H groups in total. The Hall–Kier alpha value is -2.89. The van der Waals surface area contributed by atoms with E-state index in [0.29, 0.717) is 5.56 Å². The standard InChI is InChI=1S/C18H19N3O3/c1-12-10-15(6-7-18(12)21(23)24)20-9-8-16-14(11-20)4-3-5-17(16)19-13(2)22/h3-7,10H,8-9,11H2,1-2H3,(H,19,22). The van der Waals surface area contributed by atoms with Crippen LogP contribution in [0.3, 0.4) is 0 Å². The Morgan fingerprint density at radius 3 is 2.75 bits per heavy atom. The van der Waals surface area contributed by atoms with Crippen LogP contribution in [-0.2, 0) is 17.8 Å². The van der Waals surface area contributed by atoms with Crippen molar-refractivity contribution in [3.8, 4) is 0 Å². The number of carbonyl (C=O) groups excluding carboxylic acids is 1. The average molecular weight is 325 g/mol. The van der Waals surface area contributed by atoms with Gasteiger partial charge in [0, 0.05) is 43.0 Å². The normalized spacial score (nSPS) is 13.3. The lowest BCUT2D eigenvalue weighted by Crippen LogP contribution is -2.31. The number of nitro benzene ring substituents is 1. The van der Waals surface area contributed by atoms with Crippen molar-refractivity contribution in [3.63, 3.8) is 0 Å². The number of nitrogens with zero attached hydrogens (tertiary/aromatic N) is 2. The van der Waals surface area contributed by atoms with Crippen LogP contribution in [0.2, 0.25) is 0 Å². The van der Waals surface area contributed by atoms with Gasteiger partial charge < -0.3 is 10.2 Å². The number of benzene rings is 2. The van der Waals surface area contributed by atoms with Crippen molar-refractivity contribution in [3.05, 3.63) is 63.2 Å². The van der Waals surface area contributed by atoms with E-state index < -0.39 is 0 Å². The molecule has 24 heavy (non-hydrogen) atoms. The summed E-state index contributed by atoms with van der Waals surface area (Å²) in [5.41, 5.74) is 5.00. The minimum Gasteiger partial charge on any atom is -0.367 e. The summed E-state index contributed by atoms with van der Waals surface area (Å²) >= 11 is 0. The largest absolute Gasteiger partial charge is 0.367 e. The number of anilines is 2. The monoisotopic (exact) mass is 325 g/mol. The van der Waals surface area contributed by atoms with Gasteiger partial charge in [-0.05, 0) is 42.7 Å². The van der Waals surface area contributed by atoms with Crippen LogP contribution in [0.1, 0.15) is 23.6 Å². The van der Waals surface area contributed by atoms with Gasteiger partial charge in [0.15, 0.2) is 0 Å². The van der Waals surface area contributed by atoms with Crippen molar-refractivity contribution in [2.24, 2.45) is 0 Å². The SMILES string of the molecule is CC(=O)Nc1cccc2c1CCN(c1ccc([N+](=O)[O-])c(C)c1)C2. The van der Waals surface area contributed by atoms with Gasteiger partial charge in [-0.25, -0.2) is 0 Å². The van der Waals surface area contributed by atoms with Crippen LogP contribution in [-0.4, -0.2) is 17.4 Å². The van der Waals surface area contributed by atoms with Crippen LogP contribution in [0.15, 0.2) is 36.4 Å². The summed E-state index contributed by atoms with van der Waals surface area (Å²) in [4.78, 5) is 24.1. The molecular formula is C18H19N3O3. The van der Waals surface area contributed by atoms with Crippen molar-refractivity contribution in [1.29, 1.82) is 0 Å². The van der Waals surface area contributed by atoms with Crippen molar-refractivity contribution < 1.29 is 9.72 Å². The van der Waals surface area contributed by atoms with Crippen LogP contribution in [0.25, 0.3) is 0 Å². The Morgan fingerprint density at radius 1 is 1.29 bits per heavy atom. The van der Waals surface area contributed by atoms with Crippen molar-refractivity contribution in [1.82, 2.24) is 0 Å². The minimum absolute atomic E-state index is 0.0724. The summed E-state index contributed by atoms with van der Waals surface area (Å²) in [6, 6.07) is 11.1. The van der Waals surface area contributed by atoms with E-state index in [9.17, 15) is 14.9 Å². The zero-order chi connectivity index (χ0) is 17.3. The summed E-state index contributed by atoms with van der Waals surface area (Å²) in [5, 5.41) is 13.8. The smallest absolute Gasteiger partial charge is 0.272 e. The molecule has 2 aromatic rings. The molecule has 3 rings (SSSR count). The molecule has 2 aromatic carbocycles. The van der Waals surface area contributed by atoms with E-state index in [2.05, 4.69) is 16.3 Å². The van der Waals surface area contributed by atoms with Crippen LogP contribution in [0.4, 0.5) is 17.1 Å². The second-order valence-corrected chi connectivity index (χ2v) is 6.02. The van der Waals surface area contributed by atoms with E-state index in [4.69, 9.17) is 0 Å². The first-order chi connectivity index (χ1) is 11.5. The van der Waals surface area contributed by atoms with E-state index in [1.54, 1.807) is 19.1 Å². The van der Waals surface area contributed by atoms with E-state index >= 15 is 0 Å². The maximum Gasteiger partial charge on any atom is 0.272 e. The highest BCUT2D eigenvalue weighted by atomic mass is 16.6. The summed E-state index contributed by atoms with van der Waals surface area (Å²) in [5.74, 6) is -0.0724. The molecule has 0 atom stereocenters.